The van der Waals surface area contributed by atoms with Crippen LogP contribution in [0.25, 0.3) is 0 Å². The van der Waals surface area contributed by atoms with Crippen LogP contribution in [-0.2, 0) is 28.6 Å². The van der Waals surface area contributed by atoms with Crippen molar-refractivity contribution in [3.05, 3.63) is 134 Å². The molecule has 1 atom stereocenters. The van der Waals surface area contributed by atoms with Gasteiger partial charge in [-0.05, 0) is 116 Å². The van der Waals surface area contributed by atoms with E-state index in [0.717, 1.165) is 128 Å². The van der Waals surface area contributed by atoms with Crippen LogP contribution in [0.4, 0.5) is 0 Å². The molecule has 0 bridgehead atoms. The number of carbonyl (C=O) groups is 3. The van der Waals surface area contributed by atoms with E-state index in [9.17, 15) is 14.4 Å². The van der Waals surface area contributed by atoms with E-state index < -0.39 is 6.10 Å². The molecule has 0 amide bonds. The van der Waals surface area contributed by atoms with Crippen molar-refractivity contribution in [3.8, 4) is 0 Å². The monoisotopic (exact) mass is 1120 g/mol. The summed E-state index contributed by atoms with van der Waals surface area (Å²) in [5.74, 6) is -0.944. The van der Waals surface area contributed by atoms with E-state index in [2.05, 4.69) is 154 Å². The molecular weight excluding hydrogens is 997 g/mol. The van der Waals surface area contributed by atoms with E-state index in [-0.39, 0.29) is 31.1 Å². The Labute approximate surface area is 500 Å². The summed E-state index contributed by atoms with van der Waals surface area (Å²) in [6.07, 6.45) is 96.0. The van der Waals surface area contributed by atoms with Crippen molar-refractivity contribution in [2.45, 2.75) is 309 Å². The molecule has 0 saturated heterocycles. The minimum Gasteiger partial charge on any atom is -0.462 e. The molecule has 0 N–H and O–H groups in total. The van der Waals surface area contributed by atoms with E-state index in [0.29, 0.717) is 25.7 Å². The van der Waals surface area contributed by atoms with Gasteiger partial charge in [0.05, 0.1) is 0 Å². The van der Waals surface area contributed by atoms with Gasteiger partial charge >= 0.3 is 17.9 Å². The number of ether oxygens (including phenoxy) is 3. The Morgan fingerprint density at radius 2 is 0.481 bits per heavy atom. The number of hydrogen-bond acceptors (Lipinski definition) is 6. The quantitative estimate of drug-likeness (QED) is 0.0261. The first-order valence-electron chi connectivity index (χ1n) is 33.7. The van der Waals surface area contributed by atoms with Gasteiger partial charge in [0.15, 0.2) is 6.10 Å². The van der Waals surface area contributed by atoms with Crippen LogP contribution in [0.2, 0.25) is 0 Å². The Morgan fingerprint density at radius 3 is 0.778 bits per heavy atom. The van der Waals surface area contributed by atoms with E-state index in [4.69, 9.17) is 14.2 Å². The van der Waals surface area contributed by atoms with Gasteiger partial charge in [-0.3, -0.25) is 14.4 Å². The maximum absolute atomic E-state index is 12.9. The first-order chi connectivity index (χ1) is 40.0. The number of unbranched alkanes of at least 4 members (excludes halogenated alkanes) is 27. The molecule has 6 nitrogen and oxygen atoms in total. The number of esters is 3. The molecule has 0 aliphatic rings. The standard InChI is InChI=1S/C75H124O6/c1-4-7-10-13-16-19-22-25-28-31-33-34-35-36-37-38-39-40-42-44-47-50-53-56-59-62-65-68-74(77)80-71-72(70-79-73(76)67-64-61-58-55-52-49-46-43-30-27-24-21-18-15-12-9-6-3)81-75(78)69-66-63-60-57-54-51-48-45-41-32-29-26-23-20-17-14-11-8-5-2/h7,9-10,12,16,18-19,21,25,27-28,30,33-34,36-37,39-40,44,47,53,56,72H,4-6,8,11,13-15,17,20,22-24,26,29,31-32,35,38,41-43,45-46,48-52,54-55,57-71H2,1-3H3/b10-7-,12-9-,19-16-,21-18-,28-25-,30-27-,34-33-,37-36-,40-39-,47-44-,56-53-. The molecule has 0 radical (unpaired) electrons. The minimum atomic E-state index is -0.805. The summed E-state index contributed by atoms with van der Waals surface area (Å²) in [6, 6.07) is 0. The minimum absolute atomic E-state index is 0.0985. The first kappa shape index (κ1) is 76.5. The normalized spacial score (nSPS) is 13.0. The van der Waals surface area contributed by atoms with Crippen molar-refractivity contribution in [1.29, 1.82) is 0 Å². The summed E-state index contributed by atoms with van der Waals surface area (Å²) in [4.78, 5) is 38.4. The molecule has 0 aliphatic heterocycles. The average Bonchev–Trinajstić information content (AvgIpc) is 3.47. The zero-order valence-corrected chi connectivity index (χ0v) is 52.8. The van der Waals surface area contributed by atoms with Gasteiger partial charge in [0.1, 0.15) is 13.2 Å². The van der Waals surface area contributed by atoms with Gasteiger partial charge in [0, 0.05) is 19.3 Å². The topological polar surface area (TPSA) is 78.9 Å². The fraction of sp³-hybridized carbons (Fsp3) is 0.667. The molecule has 81 heavy (non-hydrogen) atoms. The predicted molar refractivity (Wildman–Crippen MR) is 353 cm³/mol. The van der Waals surface area contributed by atoms with Gasteiger partial charge in [-0.2, -0.15) is 0 Å². The zero-order valence-electron chi connectivity index (χ0n) is 52.8. The lowest BCUT2D eigenvalue weighted by molar-refractivity contribution is -0.167. The first-order valence-corrected chi connectivity index (χ1v) is 33.7. The average molecular weight is 1120 g/mol. The highest BCUT2D eigenvalue weighted by atomic mass is 16.6. The highest BCUT2D eigenvalue weighted by Crippen LogP contribution is 2.16. The SMILES string of the molecule is CC/C=C\C/C=C\C/C=C\C/C=C\C/C=C\C/C=C\C/C=C\C/C=C\CCCCC(=O)OCC(COC(=O)CCCCCCCCC/C=C\C/C=C\C/C=C\CC)OC(=O)CCCCCCCCCCCCCCCCCCCCC. The largest absolute Gasteiger partial charge is 0.462 e. The van der Waals surface area contributed by atoms with E-state index >= 15 is 0 Å². The molecule has 0 saturated carbocycles. The molecule has 0 aromatic rings. The summed E-state index contributed by atoms with van der Waals surface area (Å²) >= 11 is 0. The van der Waals surface area contributed by atoms with E-state index in [1.54, 1.807) is 0 Å². The van der Waals surface area contributed by atoms with Gasteiger partial charge in [0.25, 0.3) is 0 Å². The molecule has 0 fully saturated rings. The summed E-state index contributed by atoms with van der Waals surface area (Å²) in [5, 5.41) is 0. The van der Waals surface area contributed by atoms with Crippen LogP contribution in [0.1, 0.15) is 303 Å². The van der Waals surface area contributed by atoms with Crippen molar-refractivity contribution >= 4 is 17.9 Å². The Kier molecular flexibility index (Phi) is 64.3. The van der Waals surface area contributed by atoms with Gasteiger partial charge < -0.3 is 14.2 Å². The lowest BCUT2D eigenvalue weighted by atomic mass is 10.0. The third-order valence-corrected chi connectivity index (χ3v) is 14.2. The molecule has 0 aromatic heterocycles. The van der Waals surface area contributed by atoms with Crippen molar-refractivity contribution in [2.24, 2.45) is 0 Å². The van der Waals surface area contributed by atoms with Crippen molar-refractivity contribution in [2.75, 3.05) is 13.2 Å². The Balaban J connectivity index is 4.46. The summed E-state index contributed by atoms with van der Waals surface area (Å²) in [6.45, 7) is 6.40. The van der Waals surface area contributed by atoms with Gasteiger partial charge in [0.2, 0.25) is 0 Å². The number of rotatable bonds is 60. The highest BCUT2D eigenvalue weighted by Gasteiger charge is 2.19. The summed E-state index contributed by atoms with van der Waals surface area (Å²) < 4.78 is 16.9. The number of allylic oxidation sites excluding steroid dienone is 22. The molecule has 0 heterocycles. The highest BCUT2D eigenvalue weighted by molar-refractivity contribution is 5.71. The van der Waals surface area contributed by atoms with Crippen LogP contribution in [0.15, 0.2) is 134 Å². The second-order valence-electron chi connectivity index (χ2n) is 22.0. The van der Waals surface area contributed by atoms with Crippen molar-refractivity contribution in [3.63, 3.8) is 0 Å². The Hall–Kier alpha value is -4.45. The van der Waals surface area contributed by atoms with Gasteiger partial charge in [-0.1, -0.05) is 302 Å². The zero-order chi connectivity index (χ0) is 58.5. The third kappa shape index (κ3) is 66.2. The van der Waals surface area contributed by atoms with E-state index in [1.165, 1.54) is 128 Å². The third-order valence-electron chi connectivity index (χ3n) is 14.2. The second-order valence-corrected chi connectivity index (χ2v) is 22.0. The molecule has 0 rings (SSSR count). The fourth-order valence-corrected chi connectivity index (χ4v) is 9.18. The van der Waals surface area contributed by atoms with Crippen LogP contribution < -0.4 is 0 Å². The molecule has 460 valence electrons. The molecule has 1 unspecified atom stereocenters. The summed E-state index contributed by atoms with van der Waals surface area (Å²) in [7, 11) is 0. The van der Waals surface area contributed by atoms with Crippen LogP contribution in [0, 0.1) is 0 Å². The smallest absolute Gasteiger partial charge is 0.306 e. The van der Waals surface area contributed by atoms with Gasteiger partial charge in [-0.15, -0.1) is 0 Å². The molecule has 0 spiro atoms. The second kappa shape index (κ2) is 68.1. The van der Waals surface area contributed by atoms with E-state index in [1.807, 2.05) is 0 Å². The van der Waals surface area contributed by atoms with Gasteiger partial charge in [-0.25, -0.2) is 0 Å². The lowest BCUT2D eigenvalue weighted by Crippen LogP contribution is -2.30. The van der Waals surface area contributed by atoms with Crippen molar-refractivity contribution < 1.29 is 28.6 Å². The Bertz CT molecular complexity index is 1720. The number of carbonyl (C=O) groups excluding carboxylic acids is 3. The maximum atomic E-state index is 12.9. The maximum Gasteiger partial charge on any atom is 0.306 e. The fourth-order valence-electron chi connectivity index (χ4n) is 9.18. The molecular formula is C75H124O6. The Morgan fingerprint density at radius 1 is 0.259 bits per heavy atom. The molecule has 0 aliphatic carbocycles. The predicted octanol–water partition coefficient (Wildman–Crippen LogP) is 23.3. The lowest BCUT2D eigenvalue weighted by Gasteiger charge is -2.18. The summed E-state index contributed by atoms with van der Waals surface area (Å²) in [5.41, 5.74) is 0. The molecule has 0 aromatic carbocycles. The van der Waals surface area contributed by atoms with Crippen LogP contribution in [-0.4, -0.2) is 37.2 Å². The number of hydrogen-bond donors (Lipinski definition) is 0. The van der Waals surface area contributed by atoms with Crippen LogP contribution >= 0.6 is 0 Å². The van der Waals surface area contributed by atoms with Crippen LogP contribution in [0.3, 0.4) is 0 Å². The van der Waals surface area contributed by atoms with Crippen LogP contribution in [0.5, 0.6) is 0 Å². The molecule has 6 heteroatoms. The van der Waals surface area contributed by atoms with Crippen molar-refractivity contribution in [1.82, 2.24) is 0 Å².